The van der Waals surface area contributed by atoms with Crippen molar-refractivity contribution in [1.82, 2.24) is 0 Å². The van der Waals surface area contributed by atoms with Crippen molar-refractivity contribution in [2.75, 3.05) is 13.7 Å². The van der Waals surface area contributed by atoms with Crippen LogP contribution in [-0.4, -0.2) is 32.1 Å². The van der Waals surface area contributed by atoms with Crippen LogP contribution in [0.2, 0.25) is 13.3 Å². The molecule has 0 saturated carbocycles. The van der Waals surface area contributed by atoms with Crippen LogP contribution in [0.5, 0.6) is 0 Å². The third-order valence-electron chi connectivity index (χ3n) is 2.60. The van der Waals surface area contributed by atoms with Gasteiger partial charge in [0.15, 0.2) is 0 Å². The van der Waals surface area contributed by atoms with Gasteiger partial charge in [-0.2, -0.15) is 0 Å². The molecular formula is C10H20OSn. The molecule has 0 heterocycles. The van der Waals surface area contributed by atoms with Crippen LogP contribution in [-0.2, 0) is 4.74 Å². The van der Waals surface area contributed by atoms with E-state index in [1.54, 1.807) is 7.11 Å². The predicted molar refractivity (Wildman–Crippen MR) is 56.8 cm³/mol. The van der Waals surface area contributed by atoms with Crippen molar-refractivity contribution in [3.63, 3.8) is 0 Å². The fraction of sp³-hybridized carbons (Fsp3) is 0.800. The van der Waals surface area contributed by atoms with Gasteiger partial charge in [-0.25, -0.2) is 0 Å². The molecule has 0 saturated heterocycles. The van der Waals surface area contributed by atoms with Gasteiger partial charge in [0.05, 0.1) is 0 Å². The van der Waals surface area contributed by atoms with Crippen molar-refractivity contribution in [2.24, 2.45) is 0 Å². The van der Waals surface area contributed by atoms with E-state index in [1.807, 2.05) is 0 Å². The van der Waals surface area contributed by atoms with Crippen LogP contribution in [0, 0.1) is 9.86 Å². The van der Waals surface area contributed by atoms with E-state index >= 15 is 0 Å². The standard InChI is InChI=1S/C4H5O.3C2H5.Sn/c1-3-4-5-2;3*1-2;/h4H2,2H3;3*1H2,2H3;. The second-order valence-electron chi connectivity index (χ2n) is 3.08. The van der Waals surface area contributed by atoms with E-state index in [9.17, 15) is 0 Å². The summed E-state index contributed by atoms with van der Waals surface area (Å²) in [6, 6.07) is 0. The normalized spacial score (nSPS) is 10.7. The minimum atomic E-state index is -1.93. The zero-order valence-corrected chi connectivity index (χ0v) is 11.6. The van der Waals surface area contributed by atoms with Crippen LogP contribution >= 0.6 is 0 Å². The predicted octanol–water partition coefficient (Wildman–Crippen LogP) is 2.68. The maximum atomic E-state index is 4.93. The SMILES string of the molecule is C[CH2][Sn]([C]#CCOC)([CH2]C)[CH2]C. The van der Waals surface area contributed by atoms with Crippen LogP contribution < -0.4 is 0 Å². The molecule has 0 aromatic carbocycles. The molecule has 0 aliphatic rings. The molecule has 0 aliphatic heterocycles. The van der Waals surface area contributed by atoms with Gasteiger partial charge in [-0.3, -0.25) is 0 Å². The second-order valence-corrected chi connectivity index (χ2v) is 17.2. The molecule has 0 radical (unpaired) electrons. The maximum absolute atomic E-state index is 4.93. The van der Waals surface area contributed by atoms with Crippen molar-refractivity contribution in [2.45, 2.75) is 34.1 Å². The first kappa shape index (κ1) is 12.3. The Morgan fingerprint density at radius 1 is 1.08 bits per heavy atom. The molecule has 0 amide bonds. The second kappa shape index (κ2) is 6.79. The van der Waals surface area contributed by atoms with Gasteiger partial charge >= 0.3 is 80.8 Å². The summed E-state index contributed by atoms with van der Waals surface area (Å²) in [5, 5.41) is 0. The van der Waals surface area contributed by atoms with Crippen LogP contribution in [0.25, 0.3) is 0 Å². The summed E-state index contributed by atoms with van der Waals surface area (Å²) in [6.45, 7) is 7.50. The zero-order valence-electron chi connectivity index (χ0n) is 8.74. The van der Waals surface area contributed by atoms with Crippen molar-refractivity contribution >= 4 is 18.4 Å². The van der Waals surface area contributed by atoms with E-state index in [0.29, 0.717) is 6.61 Å². The Balaban J connectivity index is 4.22. The number of hydrogen-bond acceptors (Lipinski definition) is 1. The van der Waals surface area contributed by atoms with Crippen LogP contribution in [0.3, 0.4) is 0 Å². The van der Waals surface area contributed by atoms with Crippen LogP contribution in [0.1, 0.15) is 20.8 Å². The average Bonchev–Trinajstić information content (AvgIpc) is 2.14. The molecule has 0 aliphatic carbocycles. The molecule has 70 valence electrons. The van der Waals surface area contributed by atoms with E-state index in [2.05, 4.69) is 30.6 Å². The Hall–Kier alpha value is 0.319. The van der Waals surface area contributed by atoms with E-state index in [0.717, 1.165) is 0 Å². The zero-order chi connectivity index (χ0) is 9.45. The van der Waals surface area contributed by atoms with Crippen molar-refractivity contribution < 1.29 is 4.74 Å². The summed E-state index contributed by atoms with van der Waals surface area (Å²) < 4.78 is 12.5. The Kier molecular flexibility index (Phi) is 6.97. The third kappa shape index (κ3) is 3.82. The molecule has 12 heavy (non-hydrogen) atoms. The van der Waals surface area contributed by atoms with Gasteiger partial charge in [-0.05, 0) is 0 Å². The molecule has 0 unspecified atom stereocenters. The van der Waals surface area contributed by atoms with Gasteiger partial charge in [0.25, 0.3) is 0 Å². The molecule has 0 aromatic rings. The Morgan fingerprint density at radius 3 is 1.92 bits per heavy atom. The van der Waals surface area contributed by atoms with E-state index < -0.39 is 18.4 Å². The van der Waals surface area contributed by atoms with Gasteiger partial charge < -0.3 is 0 Å². The fourth-order valence-electron chi connectivity index (χ4n) is 1.31. The van der Waals surface area contributed by atoms with Crippen molar-refractivity contribution in [1.29, 1.82) is 0 Å². The summed E-state index contributed by atoms with van der Waals surface area (Å²) in [5.41, 5.74) is 0. The first-order valence-electron chi connectivity index (χ1n) is 4.73. The van der Waals surface area contributed by atoms with Crippen molar-refractivity contribution in [3.05, 3.63) is 0 Å². The van der Waals surface area contributed by atoms with Gasteiger partial charge in [0.1, 0.15) is 0 Å². The molecule has 0 spiro atoms. The molecule has 0 bridgehead atoms. The molecular weight excluding hydrogens is 255 g/mol. The van der Waals surface area contributed by atoms with Gasteiger partial charge in [0.2, 0.25) is 0 Å². The van der Waals surface area contributed by atoms with Crippen molar-refractivity contribution in [3.8, 4) is 9.86 Å². The molecule has 0 fully saturated rings. The summed E-state index contributed by atoms with van der Waals surface area (Å²) in [4.78, 5) is 0. The summed E-state index contributed by atoms with van der Waals surface area (Å²) >= 11 is -1.93. The first-order chi connectivity index (χ1) is 5.74. The van der Waals surface area contributed by atoms with Gasteiger partial charge in [-0.1, -0.05) is 0 Å². The summed E-state index contributed by atoms with van der Waals surface area (Å²) in [5.74, 6) is 3.15. The molecule has 0 N–H and O–H groups in total. The summed E-state index contributed by atoms with van der Waals surface area (Å²) in [6.07, 6.45) is 0. The molecule has 0 rings (SSSR count). The third-order valence-corrected chi connectivity index (χ3v) is 16.2. The number of methoxy groups -OCH3 is 1. The number of rotatable bonds is 4. The Morgan fingerprint density at radius 2 is 1.58 bits per heavy atom. The average molecular weight is 275 g/mol. The molecule has 1 nitrogen and oxygen atoms in total. The minimum absolute atomic E-state index is 0.610. The molecule has 2 heteroatoms. The van der Waals surface area contributed by atoms with Crippen LogP contribution in [0.15, 0.2) is 0 Å². The van der Waals surface area contributed by atoms with E-state index in [4.69, 9.17) is 4.74 Å². The van der Waals surface area contributed by atoms with E-state index in [1.165, 1.54) is 13.3 Å². The first-order valence-corrected chi connectivity index (χ1v) is 12.2. The number of ether oxygens (including phenoxy) is 1. The monoisotopic (exact) mass is 276 g/mol. The fourth-order valence-corrected chi connectivity index (χ4v) is 8.38. The Bertz CT molecular complexity index is 154. The quantitative estimate of drug-likeness (QED) is 0.566. The van der Waals surface area contributed by atoms with Gasteiger partial charge in [-0.15, -0.1) is 0 Å². The molecule has 0 atom stereocenters. The van der Waals surface area contributed by atoms with Gasteiger partial charge in [0, 0.05) is 0 Å². The summed E-state index contributed by atoms with van der Waals surface area (Å²) in [7, 11) is 1.70. The molecule has 0 aromatic heterocycles. The Labute approximate surface area is 80.8 Å². The topological polar surface area (TPSA) is 9.23 Å². The van der Waals surface area contributed by atoms with Crippen LogP contribution in [0.4, 0.5) is 0 Å². The number of hydrogen-bond donors (Lipinski definition) is 0. The van der Waals surface area contributed by atoms with E-state index in [-0.39, 0.29) is 0 Å².